The van der Waals surface area contributed by atoms with Crippen molar-refractivity contribution in [2.45, 2.75) is 32.2 Å². The van der Waals surface area contributed by atoms with Gasteiger partial charge in [-0.2, -0.15) is 0 Å². The van der Waals surface area contributed by atoms with Gasteiger partial charge in [0, 0.05) is 37.1 Å². The van der Waals surface area contributed by atoms with E-state index in [1.165, 1.54) is 29.7 Å². The van der Waals surface area contributed by atoms with E-state index in [1.54, 1.807) is 0 Å². The van der Waals surface area contributed by atoms with E-state index in [0.717, 1.165) is 23.4 Å². The van der Waals surface area contributed by atoms with Crippen LogP contribution in [0.3, 0.4) is 0 Å². The van der Waals surface area contributed by atoms with Crippen molar-refractivity contribution in [3.8, 4) is 0 Å². The highest BCUT2D eigenvalue weighted by Crippen LogP contribution is 2.40. The smallest absolute Gasteiger partial charge is 0.112 e. The quantitative estimate of drug-likeness (QED) is 0.796. The molecule has 2 heterocycles. The highest BCUT2D eigenvalue weighted by molar-refractivity contribution is 5.80. The first-order chi connectivity index (χ1) is 10.7. The van der Waals surface area contributed by atoms with Gasteiger partial charge in [-0.15, -0.1) is 0 Å². The third-order valence-corrected chi connectivity index (χ3v) is 4.46. The molecule has 0 radical (unpaired) electrons. The third-order valence-electron chi connectivity index (χ3n) is 4.46. The zero-order valence-electron chi connectivity index (χ0n) is 13.0. The predicted octanol–water partition coefficient (Wildman–Crippen LogP) is 3.77. The van der Waals surface area contributed by atoms with Gasteiger partial charge in [-0.25, -0.2) is 4.98 Å². The molecule has 1 aliphatic carbocycles. The number of benzene rings is 1. The summed E-state index contributed by atoms with van der Waals surface area (Å²) in [6, 6.07) is 10.5. The van der Waals surface area contributed by atoms with Crippen molar-refractivity contribution in [1.82, 2.24) is 14.5 Å². The molecule has 4 nitrogen and oxygen atoms in total. The Bertz CT molecular complexity index is 830. The average Bonchev–Trinajstić information content (AvgIpc) is 3.31. The summed E-state index contributed by atoms with van der Waals surface area (Å²) in [7, 11) is 2.12. The van der Waals surface area contributed by atoms with Crippen molar-refractivity contribution >= 4 is 16.7 Å². The van der Waals surface area contributed by atoms with Crippen molar-refractivity contribution in [3.05, 3.63) is 53.6 Å². The molecule has 4 heteroatoms. The molecule has 22 heavy (non-hydrogen) atoms. The van der Waals surface area contributed by atoms with Gasteiger partial charge in [0.05, 0.1) is 11.0 Å². The van der Waals surface area contributed by atoms with Crippen molar-refractivity contribution < 1.29 is 0 Å². The number of aryl methyl sites for hydroxylation is 2. The zero-order valence-corrected chi connectivity index (χ0v) is 13.0. The number of rotatable bonds is 4. The Hall–Kier alpha value is -2.36. The maximum atomic E-state index is 4.82. The number of hydrogen-bond donors (Lipinski definition) is 1. The summed E-state index contributed by atoms with van der Waals surface area (Å²) < 4.78 is 2.24. The van der Waals surface area contributed by atoms with Gasteiger partial charge >= 0.3 is 0 Å². The Morgan fingerprint density at radius 2 is 2.14 bits per heavy atom. The zero-order chi connectivity index (χ0) is 15.1. The Morgan fingerprint density at radius 3 is 2.91 bits per heavy atom. The van der Waals surface area contributed by atoms with Gasteiger partial charge in [0.1, 0.15) is 5.82 Å². The molecule has 4 rings (SSSR count). The molecule has 1 aromatic carbocycles. The van der Waals surface area contributed by atoms with Gasteiger partial charge in [-0.3, -0.25) is 4.98 Å². The van der Waals surface area contributed by atoms with E-state index in [2.05, 4.69) is 46.2 Å². The van der Waals surface area contributed by atoms with Crippen molar-refractivity contribution in [1.29, 1.82) is 0 Å². The second-order valence-corrected chi connectivity index (χ2v) is 6.11. The monoisotopic (exact) mass is 292 g/mol. The van der Waals surface area contributed by atoms with Gasteiger partial charge in [-0.05, 0) is 49.6 Å². The summed E-state index contributed by atoms with van der Waals surface area (Å²) in [6.07, 6.45) is 4.39. The maximum Gasteiger partial charge on any atom is 0.112 e. The van der Waals surface area contributed by atoms with E-state index >= 15 is 0 Å². The Kier molecular flexibility index (Phi) is 3.10. The minimum absolute atomic E-state index is 0.673. The topological polar surface area (TPSA) is 42.7 Å². The molecule has 112 valence electrons. The van der Waals surface area contributed by atoms with E-state index in [1.807, 2.05) is 19.2 Å². The van der Waals surface area contributed by atoms with Gasteiger partial charge < -0.3 is 9.88 Å². The van der Waals surface area contributed by atoms with Gasteiger partial charge in [-0.1, -0.05) is 6.07 Å². The van der Waals surface area contributed by atoms with Crippen LogP contribution >= 0.6 is 0 Å². The lowest BCUT2D eigenvalue weighted by molar-refractivity contribution is 0.820. The number of aromatic nitrogens is 3. The minimum Gasteiger partial charge on any atom is -0.381 e. The standard InChI is InChI=1S/C18H20N4/c1-12-14(4-3-9-19-12)11-20-15-7-8-17-16(10-15)21-18(22(17)2)13-5-6-13/h3-4,7-10,13,20H,5-6,11H2,1-2H3. The SMILES string of the molecule is Cc1ncccc1CNc1ccc2c(c1)nc(C1CC1)n2C. The number of nitrogens with zero attached hydrogens (tertiary/aromatic N) is 3. The number of anilines is 1. The molecule has 1 aliphatic rings. The number of imidazole rings is 1. The van der Waals surface area contributed by atoms with Crippen LogP contribution in [0.2, 0.25) is 0 Å². The molecule has 2 aromatic heterocycles. The van der Waals surface area contributed by atoms with E-state index < -0.39 is 0 Å². The van der Waals surface area contributed by atoms with Gasteiger partial charge in [0.2, 0.25) is 0 Å². The summed E-state index contributed by atoms with van der Waals surface area (Å²) in [5.74, 6) is 1.90. The van der Waals surface area contributed by atoms with Crippen LogP contribution in [0.1, 0.15) is 35.8 Å². The largest absolute Gasteiger partial charge is 0.381 e. The molecule has 0 atom stereocenters. The average molecular weight is 292 g/mol. The first kappa shape index (κ1) is 13.3. The molecule has 1 N–H and O–H groups in total. The fraction of sp³-hybridized carbons (Fsp3) is 0.333. The highest BCUT2D eigenvalue weighted by Gasteiger charge is 2.28. The molecule has 0 aliphatic heterocycles. The molecular weight excluding hydrogens is 272 g/mol. The predicted molar refractivity (Wildman–Crippen MR) is 89.0 cm³/mol. The molecule has 0 bridgehead atoms. The van der Waals surface area contributed by atoms with Crippen LogP contribution in [0.25, 0.3) is 11.0 Å². The van der Waals surface area contributed by atoms with Crippen LogP contribution in [0, 0.1) is 6.92 Å². The Balaban J connectivity index is 1.59. The molecule has 0 spiro atoms. The summed E-state index contributed by atoms with van der Waals surface area (Å²) in [5, 5.41) is 3.48. The Morgan fingerprint density at radius 1 is 1.27 bits per heavy atom. The van der Waals surface area contributed by atoms with Crippen molar-refractivity contribution in [2.75, 3.05) is 5.32 Å². The first-order valence-electron chi connectivity index (χ1n) is 7.83. The fourth-order valence-corrected chi connectivity index (χ4v) is 2.94. The second-order valence-electron chi connectivity index (χ2n) is 6.11. The molecule has 0 amide bonds. The van der Waals surface area contributed by atoms with E-state index in [9.17, 15) is 0 Å². The normalized spacial score (nSPS) is 14.5. The molecule has 3 aromatic rings. The number of pyridine rings is 1. The fourth-order valence-electron chi connectivity index (χ4n) is 2.94. The van der Waals surface area contributed by atoms with Crippen molar-refractivity contribution in [3.63, 3.8) is 0 Å². The lowest BCUT2D eigenvalue weighted by Gasteiger charge is -2.08. The minimum atomic E-state index is 0.673. The number of fused-ring (bicyclic) bond motifs is 1. The molecule has 1 saturated carbocycles. The summed E-state index contributed by atoms with van der Waals surface area (Å²) in [5.41, 5.74) is 5.70. The van der Waals surface area contributed by atoms with Gasteiger partial charge in [0.25, 0.3) is 0 Å². The van der Waals surface area contributed by atoms with Crippen molar-refractivity contribution in [2.24, 2.45) is 7.05 Å². The van der Waals surface area contributed by atoms with E-state index in [0.29, 0.717) is 5.92 Å². The summed E-state index contributed by atoms with van der Waals surface area (Å²) in [4.78, 5) is 9.15. The van der Waals surface area contributed by atoms with Gasteiger partial charge in [0.15, 0.2) is 0 Å². The van der Waals surface area contributed by atoms with E-state index in [4.69, 9.17) is 4.98 Å². The molecular formula is C18H20N4. The molecule has 0 saturated heterocycles. The summed E-state index contributed by atoms with van der Waals surface area (Å²) in [6.45, 7) is 2.83. The van der Waals surface area contributed by atoms with E-state index in [-0.39, 0.29) is 0 Å². The summed E-state index contributed by atoms with van der Waals surface area (Å²) >= 11 is 0. The molecule has 1 fully saturated rings. The highest BCUT2D eigenvalue weighted by atomic mass is 15.1. The lowest BCUT2D eigenvalue weighted by atomic mass is 10.2. The Labute approximate surface area is 130 Å². The van der Waals surface area contributed by atoms with Crippen LogP contribution in [-0.2, 0) is 13.6 Å². The van der Waals surface area contributed by atoms with Crippen LogP contribution in [0.4, 0.5) is 5.69 Å². The number of hydrogen-bond acceptors (Lipinski definition) is 3. The van der Waals surface area contributed by atoms with Crippen LogP contribution in [-0.4, -0.2) is 14.5 Å². The lowest BCUT2D eigenvalue weighted by Crippen LogP contribution is -2.02. The van der Waals surface area contributed by atoms with Crippen LogP contribution < -0.4 is 5.32 Å². The van der Waals surface area contributed by atoms with Crippen LogP contribution in [0.15, 0.2) is 36.5 Å². The maximum absolute atomic E-state index is 4.82. The number of nitrogens with one attached hydrogen (secondary N) is 1. The third kappa shape index (κ3) is 2.34. The first-order valence-corrected chi connectivity index (χ1v) is 7.83. The van der Waals surface area contributed by atoms with Crippen LogP contribution in [0.5, 0.6) is 0 Å². The second kappa shape index (κ2) is 5.13. The molecule has 0 unspecified atom stereocenters.